The fourth-order valence-corrected chi connectivity index (χ4v) is 1.51. The Morgan fingerprint density at radius 3 is 3.06 bits per heavy atom. The molecule has 88 valence electrons. The molecule has 2 aromatic heterocycles. The summed E-state index contributed by atoms with van der Waals surface area (Å²) in [4.78, 5) is 22.6. The van der Waals surface area contributed by atoms with E-state index in [1.165, 1.54) is 0 Å². The van der Waals surface area contributed by atoms with Gasteiger partial charge in [0, 0.05) is 37.8 Å². The van der Waals surface area contributed by atoms with Crippen molar-refractivity contribution in [2.24, 2.45) is 0 Å². The van der Waals surface area contributed by atoms with Crippen LogP contribution in [-0.2, 0) is 17.6 Å². The number of amides is 1. The lowest BCUT2D eigenvalue weighted by Gasteiger charge is -2.03. The molecule has 17 heavy (non-hydrogen) atoms. The van der Waals surface area contributed by atoms with E-state index in [0.29, 0.717) is 19.4 Å². The molecule has 2 aromatic rings. The van der Waals surface area contributed by atoms with Crippen LogP contribution in [0.2, 0.25) is 0 Å². The predicted molar refractivity (Wildman–Crippen MR) is 63.2 cm³/mol. The van der Waals surface area contributed by atoms with Crippen molar-refractivity contribution in [1.29, 1.82) is 0 Å². The summed E-state index contributed by atoms with van der Waals surface area (Å²) < 4.78 is 0. The number of rotatable bonds is 5. The number of hydrogen-bond donors (Lipinski definition) is 2. The molecule has 0 saturated heterocycles. The van der Waals surface area contributed by atoms with Crippen LogP contribution in [0.5, 0.6) is 0 Å². The molecule has 0 unspecified atom stereocenters. The summed E-state index contributed by atoms with van der Waals surface area (Å²) in [7, 11) is 0. The number of nitrogens with one attached hydrogen (secondary N) is 2. The Balaban J connectivity index is 1.71. The highest BCUT2D eigenvalue weighted by Crippen LogP contribution is 1.96. The molecule has 2 rings (SSSR count). The number of imidazole rings is 1. The number of nitrogens with zero attached hydrogens (tertiary/aromatic N) is 2. The molecule has 0 saturated carbocycles. The van der Waals surface area contributed by atoms with Gasteiger partial charge in [-0.3, -0.25) is 9.78 Å². The molecule has 2 N–H and O–H groups in total. The molecule has 0 aliphatic heterocycles. The molecule has 2 heterocycles. The van der Waals surface area contributed by atoms with Gasteiger partial charge in [-0.15, -0.1) is 0 Å². The molecule has 0 spiro atoms. The quantitative estimate of drug-likeness (QED) is 0.794. The van der Waals surface area contributed by atoms with E-state index in [4.69, 9.17) is 0 Å². The summed E-state index contributed by atoms with van der Waals surface area (Å²) in [6.07, 6.45) is 7.95. The topological polar surface area (TPSA) is 70.7 Å². The van der Waals surface area contributed by atoms with Gasteiger partial charge in [0.15, 0.2) is 0 Å². The largest absolute Gasteiger partial charge is 0.355 e. The zero-order valence-electron chi connectivity index (χ0n) is 9.39. The number of aromatic amines is 1. The second-order valence-corrected chi connectivity index (χ2v) is 3.67. The van der Waals surface area contributed by atoms with Crippen molar-refractivity contribution >= 4 is 5.91 Å². The van der Waals surface area contributed by atoms with Crippen LogP contribution in [0, 0.1) is 0 Å². The van der Waals surface area contributed by atoms with Crippen molar-refractivity contribution in [2.45, 2.75) is 12.8 Å². The average molecular weight is 230 g/mol. The molecular formula is C12H14N4O. The normalized spacial score (nSPS) is 10.1. The van der Waals surface area contributed by atoms with E-state index in [0.717, 1.165) is 11.4 Å². The lowest BCUT2D eigenvalue weighted by molar-refractivity contribution is -0.120. The van der Waals surface area contributed by atoms with Crippen LogP contribution in [0.25, 0.3) is 0 Å². The minimum atomic E-state index is 0.00422. The number of carbonyl (C=O) groups is 1. The van der Waals surface area contributed by atoms with Gasteiger partial charge >= 0.3 is 0 Å². The molecular weight excluding hydrogens is 216 g/mol. The summed E-state index contributed by atoms with van der Waals surface area (Å²) in [5.74, 6) is 0.885. The van der Waals surface area contributed by atoms with E-state index in [-0.39, 0.29) is 5.91 Å². The number of aromatic nitrogens is 3. The SMILES string of the molecule is O=C(Cc1cccnc1)NCCc1ncc[nH]1. The average Bonchev–Trinajstić information content (AvgIpc) is 2.83. The maximum Gasteiger partial charge on any atom is 0.224 e. The van der Waals surface area contributed by atoms with Crippen LogP contribution in [0.15, 0.2) is 36.9 Å². The van der Waals surface area contributed by atoms with Crippen LogP contribution < -0.4 is 5.32 Å². The van der Waals surface area contributed by atoms with E-state index in [1.54, 1.807) is 24.8 Å². The Morgan fingerprint density at radius 1 is 1.41 bits per heavy atom. The number of carbonyl (C=O) groups excluding carboxylic acids is 1. The molecule has 0 fully saturated rings. The third-order valence-electron chi connectivity index (χ3n) is 2.33. The van der Waals surface area contributed by atoms with Crippen molar-refractivity contribution in [3.63, 3.8) is 0 Å². The lowest BCUT2D eigenvalue weighted by atomic mass is 10.2. The van der Waals surface area contributed by atoms with Gasteiger partial charge in [0.2, 0.25) is 5.91 Å². The molecule has 5 nitrogen and oxygen atoms in total. The summed E-state index contributed by atoms with van der Waals surface area (Å²) >= 11 is 0. The highest BCUT2D eigenvalue weighted by molar-refractivity contribution is 5.78. The van der Waals surface area contributed by atoms with Crippen LogP contribution in [0.3, 0.4) is 0 Å². The van der Waals surface area contributed by atoms with Gasteiger partial charge in [0.25, 0.3) is 0 Å². The summed E-state index contributed by atoms with van der Waals surface area (Å²) in [6.45, 7) is 0.590. The van der Waals surface area contributed by atoms with Crippen molar-refractivity contribution < 1.29 is 4.79 Å². The molecule has 0 bridgehead atoms. The van der Waals surface area contributed by atoms with Crippen LogP contribution in [0.1, 0.15) is 11.4 Å². The van der Waals surface area contributed by atoms with E-state index >= 15 is 0 Å². The first-order valence-corrected chi connectivity index (χ1v) is 5.48. The molecule has 0 atom stereocenters. The number of H-pyrrole nitrogens is 1. The maximum atomic E-state index is 11.6. The van der Waals surface area contributed by atoms with Gasteiger partial charge < -0.3 is 10.3 Å². The molecule has 0 radical (unpaired) electrons. The number of hydrogen-bond acceptors (Lipinski definition) is 3. The van der Waals surface area contributed by atoms with Crippen molar-refractivity contribution in [2.75, 3.05) is 6.54 Å². The smallest absolute Gasteiger partial charge is 0.224 e. The molecule has 0 aliphatic rings. The second kappa shape index (κ2) is 5.79. The zero-order chi connectivity index (χ0) is 11.9. The van der Waals surface area contributed by atoms with Gasteiger partial charge in [0.1, 0.15) is 5.82 Å². The van der Waals surface area contributed by atoms with Gasteiger partial charge in [-0.05, 0) is 11.6 Å². The van der Waals surface area contributed by atoms with E-state index < -0.39 is 0 Å². The monoisotopic (exact) mass is 230 g/mol. The van der Waals surface area contributed by atoms with Crippen LogP contribution in [-0.4, -0.2) is 27.4 Å². The summed E-state index contributed by atoms with van der Waals surface area (Å²) in [6, 6.07) is 3.71. The third-order valence-corrected chi connectivity index (χ3v) is 2.33. The molecule has 1 amide bonds. The van der Waals surface area contributed by atoms with Gasteiger partial charge in [-0.2, -0.15) is 0 Å². The van der Waals surface area contributed by atoms with Gasteiger partial charge in [-0.25, -0.2) is 4.98 Å². The Labute approximate surface area is 99.3 Å². The van der Waals surface area contributed by atoms with Crippen molar-refractivity contribution in [3.05, 3.63) is 48.3 Å². The van der Waals surface area contributed by atoms with E-state index in [1.807, 2.05) is 12.1 Å². The molecule has 0 aliphatic carbocycles. The minimum absolute atomic E-state index is 0.00422. The standard InChI is InChI=1S/C12H14N4O/c17-12(8-10-2-1-4-13-9-10)16-5-3-11-14-6-7-15-11/h1-2,4,6-7,9H,3,5,8H2,(H,14,15)(H,16,17). The highest BCUT2D eigenvalue weighted by atomic mass is 16.1. The minimum Gasteiger partial charge on any atom is -0.355 e. The number of pyridine rings is 1. The van der Waals surface area contributed by atoms with Crippen molar-refractivity contribution in [3.8, 4) is 0 Å². The first kappa shape index (κ1) is 11.3. The zero-order valence-corrected chi connectivity index (χ0v) is 9.39. The Bertz CT molecular complexity index is 453. The van der Waals surface area contributed by atoms with Crippen molar-refractivity contribution in [1.82, 2.24) is 20.3 Å². The second-order valence-electron chi connectivity index (χ2n) is 3.67. The molecule has 5 heteroatoms. The van der Waals surface area contributed by atoms with E-state index in [9.17, 15) is 4.79 Å². The first-order chi connectivity index (χ1) is 8.34. The Hall–Kier alpha value is -2.17. The molecule has 0 aromatic carbocycles. The lowest BCUT2D eigenvalue weighted by Crippen LogP contribution is -2.27. The Kier molecular flexibility index (Phi) is 3.85. The fraction of sp³-hybridized carbons (Fsp3) is 0.250. The van der Waals surface area contributed by atoms with Gasteiger partial charge in [0.05, 0.1) is 6.42 Å². The fourth-order valence-electron chi connectivity index (χ4n) is 1.51. The summed E-state index contributed by atoms with van der Waals surface area (Å²) in [5.41, 5.74) is 0.919. The Morgan fingerprint density at radius 2 is 2.35 bits per heavy atom. The maximum absolute atomic E-state index is 11.6. The van der Waals surface area contributed by atoms with Crippen LogP contribution in [0.4, 0.5) is 0 Å². The highest BCUT2D eigenvalue weighted by Gasteiger charge is 2.03. The predicted octanol–water partition coefficient (Wildman–Crippen LogP) is 0.706. The van der Waals surface area contributed by atoms with E-state index in [2.05, 4.69) is 20.3 Å². The summed E-state index contributed by atoms with van der Waals surface area (Å²) in [5, 5.41) is 2.84. The first-order valence-electron chi connectivity index (χ1n) is 5.48. The third kappa shape index (κ3) is 3.71. The van der Waals surface area contributed by atoms with Crippen LogP contribution >= 0.6 is 0 Å². The van der Waals surface area contributed by atoms with Gasteiger partial charge in [-0.1, -0.05) is 6.07 Å².